The molecule has 0 aliphatic carbocycles. The highest BCUT2D eigenvalue weighted by molar-refractivity contribution is 6.34. The number of pyridine rings is 2. The zero-order valence-electron chi connectivity index (χ0n) is 9.71. The lowest BCUT2D eigenvalue weighted by atomic mass is 10.4. The van der Waals surface area contributed by atoms with Crippen molar-refractivity contribution >= 4 is 33.7 Å². The number of rotatable bonds is 0. The van der Waals surface area contributed by atoms with Crippen LogP contribution in [0.2, 0.25) is 5.15 Å². The summed E-state index contributed by atoms with van der Waals surface area (Å²) in [5.74, 6) is 0. The van der Waals surface area contributed by atoms with E-state index < -0.39 is 0 Å². The average Bonchev–Trinajstić information content (AvgIpc) is 3.07. The number of hydrogen-bond acceptors (Lipinski definition) is 4. The summed E-state index contributed by atoms with van der Waals surface area (Å²) in [6.07, 6.45) is 5.17. The third-order valence-electron chi connectivity index (χ3n) is 2.50. The molecule has 0 atom stereocenters. The molecule has 0 amide bonds. The maximum Gasteiger partial charge on any atom is 0.182 e. The minimum absolute atomic E-state index is 0. The lowest BCUT2D eigenvalue weighted by Crippen LogP contribution is -1.71. The van der Waals surface area contributed by atoms with Crippen LogP contribution in [-0.2, 0) is 0 Å². The maximum absolute atomic E-state index is 5.71. The Morgan fingerprint density at radius 3 is 2.60 bits per heavy atom. The zero-order valence-corrected chi connectivity index (χ0v) is 10.5. The molecule has 4 heterocycles. The van der Waals surface area contributed by atoms with E-state index in [0.29, 0.717) is 10.8 Å². The molecule has 0 unspecified atom stereocenters. The van der Waals surface area contributed by atoms with Crippen molar-refractivity contribution in [2.24, 2.45) is 0 Å². The Morgan fingerprint density at radius 2 is 1.80 bits per heavy atom. The van der Waals surface area contributed by atoms with Crippen molar-refractivity contribution in [2.45, 2.75) is 7.43 Å². The summed E-state index contributed by atoms with van der Waals surface area (Å²) in [7, 11) is 0. The van der Waals surface area contributed by atoms with Crippen LogP contribution in [0.1, 0.15) is 7.43 Å². The second kappa shape index (κ2) is 6.12. The van der Waals surface area contributed by atoms with Crippen molar-refractivity contribution in [2.75, 3.05) is 0 Å². The van der Waals surface area contributed by atoms with E-state index in [0.717, 1.165) is 16.4 Å². The predicted octanol–water partition coefficient (Wildman–Crippen LogP) is 3.21. The van der Waals surface area contributed by atoms with E-state index in [4.69, 9.17) is 11.6 Å². The number of fused-ring (bicyclic) bond motifs is 2. The Balaban J connectivity index is 0.000000141. The molecule has 6 nitrogen and oxygen atoms in total. The van der Waals surface area contributed by atoms with Crippen LogP contribution in [0.3, 0.4) is 0 Å². The normalized spacial score (nSPS) is 9.85. The number of H-pyrrole nitrogens is 2. The molecular weight excluding hydrogens is 276 g/mol. The quantitative estimate of drug-likeness (QED) is 0.520. The molecule has 4 aromatic rings. The summed E-state index contributed by atoms with van der Waals surface area (Å²) in [6, 6.07) is 7.54. The van der Waals surface area contributed by atoms with Gasteiger partial charge in [-0.2, -0.15) is 10.2 Å². The number of aromatic nitrogens is 6. The van der Waals surface area contributed by atoms with Gasteiger partial charge in [-0.05, 0) is 24.3 Å². The van der Waals surface area contributed by atoms with Gasteiger partial charge in [-0.15, -0.1) is 0 Å². The summed E-state index contributed by atoms with van der Waals surface area (Å²) in [4.78, 5) is 8.00. The predicted molar refractivity (Wildman–Crippen MR) is 79.5 cm³/mol. The molecule has 2 N–H and O–H groups in total. The van der Waals surface area contributed by atoms with Gasteiger partial charge in [0.1, 0.15) is 5.15 Å². The monoisotopic (exact) mass is 288 g/mol. The number of hydrogen-bond donors (Lipinski definition) is 2. The molecule has 0 aliphatic heterocycles. The fourth-order valence-corrected chi connectivity index (χ4v) is 1.79. The second-order valence-electron chi connectivity index (χ2n) is 3.72. The fraction of sp³-hybridized carbons (Fsp3) is 0.0769. The second-order valence-corrected chi connectivity index (χ2v) is 4.10. The van der Waals surface area contributed by atoms with Gasteiger partial charge in [0, 0.05) is 17.8 Å². The fourth-order valence-electron chi connectivity index (χ4n) is 1.60. The van der Waals surface area contributed by atoms with E-state index in [1.807, 2.05) is 24.3 Å². The number of halogens is 1. The Morgan fingerprint density at radius 1 is 1.00 bits per heavy atom. The largest absolute Gasteiger partial charge is 0.265 e. The minimum atomic E-state index is 0. The first-order valence-electron chi connectivity index (χ1n) is 5.53. The first-order valence-corrected chi connectivity index (χ1v) is 5.91. The molecule has 20 heavy (non-hydrogen) atoms. The highest BCUT2D eigenvalue weighted by Crippen LogP contribution is 2.16. The van der Waals surface area contributed by atoms with E-state index in [9.17, 15) is 0 Å². The average molecular weight is 289 g/mol. The summed E-state index contributed by atoms with van der Waals surface area (Å²) < 4.78 is 0. The smallest absolute Gasteiger partial charge is 0.182 e. The minimum Gasteiger partial charge on any atom is -0.265 e. The first kappa shape index (κ1) is 14.0. The molecule has 0 aliphatic rings. The van der Waals surface area contributed by atoms with Gasteiger partial charge in [-0.25, -0.2) is 9.97 Å². The Kier molecular flexibility index (Phi) is 4.27. The first-order chi connectivity index (χ1) is 9.34. The number of nitrogens with one attached hydrogen (secondary N) is 2. The number of nitrogens with zero attached hydrogens (tertiary/aromatic N) is 4. The molecule has 0 saturated heterocycles. The highest BCUT2D eigenvalue weighted by atomic mass is 35.5. The van der Waals surface area contributed by atoms with Crippen LogP contribution in [0.25, 0.3) is 22.1 Å². The molecule has 0 radical (unpaired) electrons. The summed E-state index contributed by atoms with van der Waals surface area (Å²) in [5, 5.41) is 15.5. The lowest BCUT2D eigenvalue weighted by molar-refractivity contribution is 1.10. The van der Waals surface area contributed by atoms with Crippen LogP contribution >= 0.6 is 11.6 Å². The summed E-state index contributed by atoms with van der Waals surface area (Å²) in [5.41, 5.74) is 1.50. The molecular formula is C13H13ClN6. The third kappa shape index (κ3) is 2.75. The topological polar surface area (TPSA) is 83.1 Å². The van der Waals surface area contributed by atoms with Gasteiger partial charge in [0.15, 0.2) is 11.3 Å². The Hall–Kier alpha value is -2.47. The zero-order chi connectivity index (χ0) is 13.1. The van der Waals surface area contributed by atoms with E-state index in [1.165, 1.54) is 0 Å². The van der Waals surface area contributed by atoms with Gasteiger partial charge in [-0.3, -0.25) is 10.2 Å². The van der Waals surface area contributed by atoms with Gasteiger partial charge in [-0.1, -0.05) is 19.0 Å². The molecule has 0 fully saturated rings. The van der Waals surface area contributed by atoms with Gasteiger partial charge in [0.25, 0.3) is 0 Å². The SMILES string of the molecule is C.Clc1[nH]nc2ncccc12.c1cnc2[nH]ncc2c1. The van der Waals surface area contributed by atoms with Gasteiger partial charge >= 0.3 is 0 Å². The van der Waals surface area contributed by atoms with Crippen LogP contribution in [0.4, 0.5) is 0 Å². The van der Waals surface area contributed by atoms with Crippen LogP contribution < -0.4 is 0 Å². The highest BCUT2D eigenvalue weighted by Gasteiger charge is 1.99. The lowest BCUT2D eigenvalue weighted by Gasteiger charge is -1.82. The van der Waals surface area contributed by atoms with E-state index >= 15 is 0 Å². The van der Waals surface area contributed by atoms with Crippen LogP contribution in [0, 0.1) is 0 Å². The van der Waals surface area contributed by atoms with Crippen LogP contribution in [-0.4, -0.2) is 30.4 Å². The number of aromatic amines is 2. The van der Waals surface area contributed by atoms with Gasteiger partial charge in [0.2, 0.25) is 0 Å². The van der Waals surface area contributed by atoms with Crippen molar-refractivity contribution < 1.29 is 0 Å². The Labute approximate surface area is 120 Å². The van der Waals surface area contributed by atoms with Crippen LogP contribution in [0.5, 0.6) is 0 Å². The molecule has 102 valence electrons. The molecule has 0 spiro atoms. The molecule has 7 heteroatoms. The molecule has 0 saturated carbocycles. The van der Waals surface area contributed by atoms with E-state index in [2.05, 4.69) is 30.4 Å². The summed E-state index contributed by atoms with van der Waals surface area (Å²) in [6.45, 7) is 0. The Bertz CT molecular complexity index is 776. The third-order valence-corrected chi connectivity index (χ3v) is 2.78. The van der Waals surface area contributed by atoms with E-state index in [-0.39, 0.29) is 7.43 Å². The van der Waals surface area contributed by atoms with Crippen molar-refractivity contribution in [1.82, 2.24) is 30.4 Å². The maximum atomic E-state index is 5.71. The molecule has 4 rings (SSSR count). The molecule has 4 aromatic heterocycles. The van der Waals surface area contributed by atoms with E-state index in [1.54, 1.807) is 18.6 Å². The molecule has 0 bridgehead atoms. The van der Waals surface area contributed by atoms with Crippen molar-refractivity contribution in [3.63, 3.8) is 0 Å². The standard InChI is InChI=1S/C6H4ClN3.C6H5N3.CH4/c7-5-4-2-1-3-8-6(4)10-9-5;1-2-5-4-8-9-6(5)7-3-1;/h1-3H,(H,8,9,10);1-4H,(H,7,8,9);1H4. The van der Waals surface area contributed by atoms with Crippen molar-refractivity contribution in [3.8, 4) is 0 Å². The summed E-state index contributed by atoms with van der Waals surface area (Å²) >= 11 is 5.71. The van der Waals surface area contributed by atoms with Crippen molar-refractivity contribution in [3.05, 3.63) is 48.0 Å². The van der Waals surface area contributed by atoms with Gasteiger partial charge in [0.05, 0.1) is 11.6 Å². The molecule has 0 aromatic carbocycles. The van der Waals surface area contributed by atoms with Gasteiger partial charge < -0.3 is 0 Å². The van der Waals surface area contributed by atoms with Crippen molar-refractivity contribution in [1.29, 1.82) is 0 Å². The van der Waals surface area contributed by atoms with Crippen LogP contribution in [0.15, 0.2) is 42.9 Å².